The molecule has 0 radical (unpaired) electrons. The molecule has 5 nitrogen and oxygen atoms in total. The van der Waals surface area contributed by atoms with E-state index in [1.54, 1.807) is 12.1 Å². The second-order valence-corrected chi connectivity index (χ2v) is 8.60. The first kappa shape index (κ1) is 21.3. The lowest BCUT2D eigenvalue weighted by molar-refractivity contribution is -0.895. The van der Waals surface area contributed by atoms with Gasteiger partial charge in [-0.2, -0.15) is 0 Å². The number of nitrogens with zero attached hydrogens (tertiary/aromatic N) is 1. The number of likely N-dealkylation sites (N-methyl/N-ethyl adjacent to an activating group) is 1. The van der Waals surface area contributed by atoms with Gasteiger partial charge in [-0.25, -0.2) is 0 Å². The molecule has 1 N–H and O–H groups in total. The number of fused-ring (bicyclic) bond motifs is 2. The Kier molecular flexibility index (Phi) is 5.96. The van der Waals surface area contributed by atoms with E-state index in [4.69, 9.17) is 4.42 Å². The van der Waals surface area contributed by atoms with E-state index >= 15 is 0 Å². The number of quaternary nitrogens is 1. The lowest BCUT2D eigenvalue weighted by Gasteiger charge is -2.27. The topological polar surface area (TPSA) is 55.0 Å². The van der Waals surface area contributed by atoms with Crippen LogP contribution in [0.15, 0.2) is 57.7 Å². The SMILES string of the molecule is CC[NH+](CC)CCN1C(=O)c2oc3ccccc3c(=O)c2[C@H]1c1ccc(C(C)C)cc1. The zero-order valence-corrected chi connectivity index (χ0v) is 18.8. The summed E-state index contributed by atoms with van der Waals surface area (Å²) < 4.78 is 6.00. The summed E-state index contributed by atoms with van der Waals surface area (Å²) in [7, 11) is 0. The molecular formula is C26H31N2O3+. The maximum absolute atomic E-state index is 13.5. The molecule has 0 saturated carbocycles. The van der Waals surface area contributed by atoms with E-state index in [1.165, 1.54) is 10.5 Å². The molecule has 1 aliphatic heterocycles. The van der Waals surface area contributed by atoms with Crippen molar-refractivity contribution in [2.75, 3.05) is 26.2 Å². The summed E-state index contributed by atoms with van der Waals surface area (Å²) in [6, 6.07) is 15.0. The number of nitrogens with one attached hydrogen (secondary N) is 1. The van der Waals surface area contributed by atoms with Crippen LogP contribution in [0.2, 0.25) is 0 Å². The maximum atomic E-state index is 13.5. The van der Waals surface area contributed by atoms with Crippen molar-refractivity contribution >= 4 is 16.9 Å². The van der Waals surface area contributed by atoms with Crippen molar-refractivity contribution in [1.29, 1.82) is 0 Å². The highest BCUT2D eigenvalue weighted by Crippen LogP contribution is 2.38. The normalized spacial score (nSPS) is 16.0. The smallest absolute Gasteiger partial charge is 0.291 e. The van der Waals surface area contributed by atoms with Crippen molar-refractivity contribution in [3.63, 3.8) is 0 Å². The molecule has 0 unspecified atom stereocenters. The molecule has 4 rings (SSSR count). The molecule has 1 amide bonds. The summed E-state index contributed by atoms with van der Waals surface area (Å²) in [5.41, 5.74) is 3.01. The van der Waals surface area contributed by atoms with Gasteiger partial charge in [-0.1, -0.05) is 50.2 Å². The minimum Gasteiger partial charge on any atom is -0.450 e. The highest BCUT2D eigenvalue weighted by atomic mass is 16.3. The second kappa shape index (κ2) is 8.67. The second-order valence-electron chi connectivity index (χ2n) is 8.60. The van der Waals surface area contributed by atoms with Gasteiger partial charge in [0.05, 0.1) is 43.2 Å². The van der Waals surface area contributed by atoms with Gasteiger partial charge in [0, 0.05) is 0 Å². The highest BCUT2D eigenvalue weighted by molar-refractivity contribution is 5.99. The third kappa shape index (κ3) is 3.79. The first-order chi connectivity index (χ1) is 15.0. The summed E-state index contributed by atoms with van der Waals surface area (Å²) in [4.78, 5) is 30.1. The van der Waals surface area contributed by atoms with Gasteiger partial charge < -0.3 is 14.2 Å². The zero-order chi connectivity index (χ0) is 22.1. The molecule has 2 heterocycles. The molecule has 0 bridgehead atoms. The fourth-order valence-corrected chi connectivity index (χ4v) is 4.49. The van der Waals surface area contributed by atoms with Gasteiger partial charge in [-0.15, -0.1) is 0 Å². The molecule has 1 aliphatic rings. The lowest BCUT2D eigenvalue weighted by atomic mass is 9.95. The molecule has 162 valence electrons. The average molecular weight is 420 g/mol. The summed E-state index contributed by atoms with van der Waals surface area (Å²) in [6.45, 7) is 12.0. The summed E-state index contributed by atoms with van der Waals surface area (Å²) >= 11 is 0. The van der Waals surface area contributed by atoms with E-state index in [9.17, 15) is 9.59 Å². The van der Waals surface area contributed by atoms with Crippen LogP contribution in [0, 0.1) is 0 Å². The minimum absolute atomic E-state index is 0.110. The zero-order valence-electron chi connectivity index (χ0n) is 18.8. The fraction of sp³-hybridized carbons (Fsp3) is 0.385. The van der Waals surface area contributed by atoms with E-state index in [1.807, 2.05) is 29.2 Å². The van der Waals surface area contributed by atoms with E-state index in [2.05, 4.69) is 39.8 Å². The lowest BCUT2D eigenvalue weighted by Crippen LogP contribution is -3.12. The molecule has 31 heavy (non-hydrogen) atoms. The largest absolute Gasteiger partial charge is 0.450 e. The third-order valence-corrected chi connectivity index (χ3v) is 6.50. The Bertz CT molecular complexity index is 1140. The Morgan fingerprint density at radius 1 is 1.00 bits per heavy atom. The number of para-hydroxylation sites is 1. The Labute approximate surface area is 183 Å². The van der Waals surface area contributed by atoms with Crippen LogP contribution < -0.4 is 10.3 Å². The van der Waals surface area contributed by atoms with Gasteiger partial charge in [0.15, 0.2) is 5.43 Å². The van der Waals surface area contributed by atoms with Gasteiger partial charge in [0.1, 0.15) is 5.58 Å². The van der Waals surface area contributed by atoms with Crippen LogP contribution in [0.3, 0.4) is 0 Å². The van der Waals surface area contributed by atoms with Crippen molar-refractivity contribution in [2.24, 2.45) is 0 Å². The molecule has 0 saturated heterocycles. The van der Waals surface area contributed by atoms with Crippen molar-refractivity contribution in [1.82, 2.24) is 4.90 Å². The molecule has 1 atom stereocenters. The van der Waals surface area contributed by atoms with E-state index in [0.717, 1.165) is 25.2 Å². The number of hydrogen-bond donors (Lipinski definition) is 1. The van der Waals surface area contributed by atoms with Crippen LogP contribution in [-0.4, -0.2) is 37.0 Å². The van der Waals surface area contributed by atoms with Gasteiger partial charge in [-0.05, 0) is 43.0 Å². The molecule has 0 fully saturated rings. The number of rotatable bonds is 7. The standard InChI is InChI=1S/C26H30N2O3/c1-5-27(6-2)15-16-28-23(19-13-11-18(12-14-19)17(3)4)22-24(29)20-9-7-8-10-21(20)31-25(22)26(28)30/h7-14,17,23H,5-6,15-16H2,1-4H3/p+1/t23-/m1/s1. The number of carbonyl (C=O) groups is 1. The predicted molar refractivity (Wildman–Crippen MR) is 123 cm³/mol. The molecule has 0 spiro atoms. The Morgan fingerprint density at radius 3 is 2.32 bits per heavy atom. The van der Waals surface area contributed by atoms with Crippen molar-refractivity contribution in [2.45, 2.75) is 39.7 Å². The average Bonchev–Trinajstić information content (AvgIpc) is 3.06. The first-order valence-corrected chi connectivity index (χ1v) is 11.3. The number of hydrogen-bond acceptors (Lipinski definition) is 3. The quantitative estimate of drug-likeness (QED) is 0.639. The highest BCUT2D eigenvalue weighted by Gasteiger charge is 2.42. The van der Waals surface area contributed by atoms with Gasteiger partial charge in [0.2, 0.25) is 5.76 Å². The van der Waals surface area contributed by atoms with Gasteiger partial charge >= 0.3 is 0 Å². The van der Waals surface area contributed by atoms with Crippen LogP contribution in [-0.2, 0) is 0 Å². The summed E-state index contributed by atoms with van der Waals surface area (Å²) in [6.07, 6.45) is 0. The van der Waals surface area contributed by atoms with Crippen LogP contribution in [0.25, 0.3) is 11.0 Å². The fourth-order valence-electron chi connectivity index (χ4n) is 4.49. The van der Waals surface area contributed by atoms with E-state index in [-0.39, 0.29) is 17.1 Å². The molecule has 0 aliphatic carbocycles. The first-order valence-electron chi connectivity index (χ1n) is 11.3. The number of benzene rings is 2. The Balaban J connectivity index is 1.84. The van der Waals surface area contributed by atoms with Crippen LogP contribution in [0.1, 0.15) is 66.9 Å². The van der Waals surface area contributed by atoms with Crippen molar-refractivity contribution < 1.29 is 14.1 Å². The van der Waals surface area contributed by atoms with Crippen LogP contribution in [0.4, 0.5) is 0 Å². The van der Waals surface area contributed by atoms with E-state index < -0.39 is 6.04 Å². The van der Waals surface area contributed by atoms with Crippen molar-refractivity contribution in [3.8, 4) is 0 Å². The van der Waals surface area contributed by atoms with Crippen LogP contribution in [0.5, 0.6) is 0 Å². The predicted octanol–water partition coefficient (Wildman–Crippen LogP) is 3.39. The molecular weight excluding hydrogens is 388 g/mol. The van der Waals surface area contributed by atoms with Crippen LogP contribution >= 0.6 is 0 Å². The van der Waals surface area contributed by atoms with Gasteiger partial charge in [-0.3, -0.25) is 9.59 Å². The maximum Gasteiger partial charge on any atom is 0.291 e. The number of carbonyl (C=O) groups excluding carboxylic acids is 1. The molecule has 2 aromatic carbocycles. The monoisotopic (exact) mass is 419 g/mol. The summed E-state index contributed by atoms with van der Waals surface area (Å²) in [5.74, 6) is 0.418. The Morgan fingerprint density at radius 2 is 1.68 bits per heavy atom. The van der Waals surface area contributed by atoms with Gasteiger partial charge in [0.25, 0.3) is 5.91 Å². The van der Waals surface area contributed by atoms with E-state index in [0.29, 0.717) is 29.0 Å². The molecule has 3 aromatic rings. The Hall–Kier alpha value is -2.92. The molecule has 1 aromatic heterocycles. The molecule has 5 heteroatoms. The van der Waals surface area contributed by atoms with Crippen molar-refractivity contribution in [3.05, 3.63) is 81.2 Å². The third-order valence-electron chi connectivity index (χ3n) is 6.50. The minimum atomic E-state index is -0.417. The summed E-state index contributed by atoms with van der Waals surface area (Å²) in [5, 5.41) is 0.522. The number of amides is 1.